The Labute approximate surface area is 125 Å². The topological polar surface area (TPSA) is 41.1 Å². The van der Waals surface area contributed by atoms with Crippen molar-refractivity contribution in [2.45, 2.75) is 6.92 Å². The van der Waals surface area contributed by atoms with Gasteiger partial charge in [0.2, 0.25) is 5.91 Å². The van der Waals surface area contributed by atoms with Gasteiger partial charge in [0, 0.05) is 10.2 Å². The predicted molar refractivity (Wildman–Crippen MR) is 82.4 cm³/mol. The highest BCUT2D eigenvalue weighted by Crippen LogP contribution is 2.22. The molecule has 0 bridgehead atoms. The third-order valence-corrected chi connectivity index (χ3v) is 3.36. The van der Waals surface area contributed by atoms with Crippen LogP contribution in [0.25, 0.3) is 0 Å². The van der Waals surface area contributed by atoms with Crippen LogP contribution >= 0.6 is 15.9 Å². The first-order valence-corrected chi connectivity index (χ1v) is 6.89. The van der Waals surface area contributed by atoms with Gasteiger partial charge >= 0.3 is 0 Å². The van der Waals surface area contributed by atoms with Gasteiger partial charge in [-0.1, -0.05) is 12.1 Å². The van der Waals surface area contributed by atoms with Crippen LogP contribution in [0.1, 0.15) is 5.56 Å². The van der Waals surface area contributed by atoms with Crippen LogP contribution < -0.4 is 10.6 Å². The monoisotopic (exact) mass is 336 g/mol. The van der Waals surface area contributed by atoms with E-state index in [1.54, 1.807) is 6.07 Å². The fourth-order valence-electron chi connectivity index (χ4n) is 1.74. The van der Waals surface area contributed by atoms with Gasteiger partial charge < -0.3 is 10.6 Å². The summed E-state index contributed by atoms with van der Waals surface area (Å²) in [7, 11) is 0. The van der Waals surface area contributed by atoms with Crippen molar-refractivity contribution in [2.75, 3.05) is 17.2 Å². The standard InChI is InChI=1S/C15H14BrFN2O/c1-10-3-2-4-12(7-10)19-15(20)9-18-14-8-11(17)5-6-13(14)16/h2-8,18H,9H2,1H3,(H,19,20). The van der Waals surface area contributed by atoms with E-state index < -0.39 is 0 Å². The summed E-state index contributed by atoms with van der Waals surface area (Å²) >= 11 is 3.30. The zero-order valence-electron chi connectivity index (χ0n) is 10.9. The van der Waals surface area contributed by atoms with Crippen LogP contribution in [-0.4, -0.2) is 12.5 Å². The molecular weight excluding hydrogens is 323 g/mol. The number of nitrogens with one attached hydrogen (secondary N) is 2. The first kappa shape index (κ1) is 14.5. The second-order valence-electron chi connectivity index (χ2n) is 4.40. The van der Waals surface area contributed by atoms with Gasteiger partial charge in [0.15, 0.2) is 0 Å². The number of carbonyl (C=O) groups excluding carboxylic acids is 1. The van der Waals surface area contributed by atoms with E-state index in [1.165, 1.54) is 12.1 Å². The molecule has 0 atom stereocenters. The molecule has 0 unspecified atom stereocenters. The fraction of sp³-hybridized carbons (Fsp3) is 0.133. The SMILES string of the molecule is Cc1cccc(NC(=O)CNc2cc(F)ccc2Br)c1. The molecule has 1 amide bonds. The largest absolute Gasteiger partial charge is 0.375 e. The number of benzene rings is 2. The Kier molecular flexibility index (Phi) is 4.74. The lowest BCUT2D eigenvalue weighted by Gasteiger charge is -2.09. The number of hydrogen-bond donors (Lipinski definition) is 2. The smallest absolute Gasteiger partial charge is 0.243 e. The summed E-state index contributed by atoms with van der Waals surface area (Å²) in [6.07, 6.45) is 0. The van der Waals surface area contributed by atoms with Gasteiger partial charge in [0.05, 0.1) is 12.2 Å². The summed E-state index contributed by atoms with van der Waals surface area (Å²) in [5.41, 5.74) is 2.36. The minimum atomic E-state index is -0.352. The zero-order chi connectivity index (χ0) is 14.5. The molecular formula is C15H14BrFN2O. The van der Waals surface area contributed by atoms with Crippen molar-refractivity contribution in [3.8, 4) is 0 Å². The molecule has 2 rings (SSSR count). The number of rotatable bonds is 4. The van der Waals surface area contributed by atoms with Crippen molar-refractivity contribution in [1.82, 2.24) is 0 Å². The molecule has 0 aliphatic rings. The summed E-state index contributed by atoms with van der Waals surface area (Å²) < 4.78 is 13.8. The number of halogens is 2. The molecule has 104 valence electrons. The lowest BCUT2D eigenvalue weighted by atomic mass is 10.2. The molecule has 3 nitrogen and oxygen atoms in total. The molecule has 0 aromatic heterocycles. The molecule has 0 fully saturated rings. The molecule has 20 heavy (non-hydrogen) atoms. The van der Waals surface area contributed by atoms with E-state index in [4.69, 9.17) is 0 Å². The average molecular weight is 337 g/mol. The van der Waals surface area contributed by atoms with Crippen LogP contribution in [-0.2, 0) is 4.79 Å². The van der Waals surface area contributed by atoms with E-state index >= 15 is 0 Å². The quantitative estimate of drug-likeness (QED) is 0.887. The van der Waals surface area contributed by atoms with Crippen LogP contribution in [0, 0.1) is 12.7 Å². The minimum absolute atomic E-state index is 0.0655. The van der Waals surface area contributed by atoms with Crippen LogP contribution in [0.5, 0.6) is 0 Å². The first-order valence-electron chi connectivity index (χ1n) is 6.10. The Morgan fingerprint density at radius 2 is 2.05 bits per heavy atom. The van der Waals surface area contributed by atoms with Gasteiger partial charge in [-0.25, -0.2) is 4.39 Å². The highest BCUT2D eigenvalue weighted by Gasteiger charge is 2.05. The predicted octanol–water partition coefficient (Wildman–Crippen LogP) is 3.95. The van der Waals surface area contributed by atoms with Gasteiger partial charge in [-0.3, -0.25) is 4.79 Å². The molecule has 2 N–H and O–H groups in total. The summed E-state index contributed by atoms with van der Waals surface area (Å²) in [6.45, 7) is 2.02. The Bertz CT molecular complexity index is 631. The summed E-state index contributed by atoms with van der Waals surface area (Å²) in [4.78, 5) is 11.8. The zero-order valence-corrected chi connectivity index (χ0v) is 12.5. The summed E-state index contributed by atoms with van der Waals surface area (Å²) in [6, 6.07) is 11.8. The summed E-state index contributed by atoms with van der Waals surface area (Å²) in [5.74, 6) is -0.540. The molecule has 0 aliphatic carbocycles. The summed E-state index contributed by atoms with van der Waals surface area (Å²) in [5, 5.41) is 5.67. The van der Waals surface area contributed by atoms with Crippen molar-refractivity contribution >= 4 is 33.2 Å². The third kappa shape index (κ3) is 4.06. The van der Waals surface area contributed by atoms with Crippen molar-refractivity contribution in [3.63, 3.8) is 0 Å². The number of carbonyl (C=O) groups is 1. The molecule has 2 aromatic carbocycles. The van der Waals surface area contributed by atoms with Crippen LogP contribution in [0.15, 0.2) is 46.9 Å². The number of hydrogen-bond acceptors (Lipinski definition) is 2. The van der Waals surface area contributed by atoms with Gasteiger partial charge in [0.25, 0.3) is 0 Å². The molecule has 0 spiro atoms. The minimum Gasteiger partial charge on any atom is -0.375 e. The Morgan fingerprint density at radius 1 is 1.25 bits per heavy atom. The Hall–Kier alpha value is -1.88. The van der Waals surface area contributed by atoms with Crippen molar-refractivity contribution < 1.29 is 9.18 Å². The van der Waals surface area contributed by atoms with E-state index in [-0.39, 0.29) is 18.3 Å². The maximum Gasteiger partial charge on any atom is 0.243 e. The van der Waals surface area contributed by atoms with E-state index in [0.29, 0.717) is 10.2 Å². The number of anilines is 2. The van der Waals surface area contributed by atoms with Crippen LogP contribution in [0.2, 0.25) is 0 Å². The van der Waals surface area contributed by atoms with E-state index in [9.17, 15) is 9.18 Å². The first-order chi connectivity index (χ1) is 9.54. The third-order valence-electron chi connectivity index (χ3n) is 2.67. The molecule has 0 saturated carbocycles. The van der Waals surface area contributed by atoms with Crippen molar-refractivity contribution in [1.29, 1.82) is 0 Å². The Morgan fingerprint density at radius 3 is 2.80 bits per heavy atom. The number of aryl methyl sites for hydroxylation is 1. The van der Waals surface area contributed by atoms with Crippen molar-refractivity contribution in [3.05, 3.63) is 58.3 Å². The lowest BCUT2D eigenvalue weighted by molar-refractivity contribution is -0.114. The highest BCUT2D eigenvalue weighted by molar-refractivity contribution is 9.10. The maximum atomic E-state index is 13.1. The highest BCUT2D eigenvalue weighted by atomic mass is 79.9. The molecule has 0 saturated heterocycles. The average Bonchev–Trinajstić information content (AvgIpc) is 2.40. The van der Waals surface area contributed by atoms with Gasteiger partial charge in [0.1, 0.15) is 5.82 Å². The van der Waals surface area contributed by atoms with Gasteiger partial charge in [-0.15, -0.1) is 0 Å². The molecule has 0 aliphatic heterocycles. The molecule has 0 heterocycles. The lowest BCUT2D eigenvalue weighted by Crippen LogP contribution is -2.21. The van der Waals surface area contributed by atoms with Crippen molar-refractivity contribution in [2.24, 2.45) is 0 Å². The second kappa shape index (κ2) is 6.52. The van der Waals surface area contributed by atoms with Crippen LogP contribution in [0.3, 0.4) is 0 Å². The molecule has 5 heteroatoms. The normalized spacial score (nSPS) is 10.2. The van der Waals surface area contributed by atoms with E-state index in [1.807, 2.05) is 31.2 Å². The van der Waals surface area contributed by atoms with Gasteiger partial charge in [-0.05, 0) is 58.7 Å². The van der Waals surface area contributed by atoms with E-state index in [2.05, 4.69) is 26.6 Å². The maximum absolute atomic E-state index is 13.1. The Balaban J connectivity index is 1.94. The van der Waals surface area contributed by atoms with Gasteiger partial charge in [-0.2, -0.15) is 0 Å². The second-order valence-corrected chi connectivity index (χ2v) is 5.25. The molecule has 2 aromatic rings. The molecule has 0 radical (unpaired) electrons. The van der Waals surface area contributed by atoms with Crippen LogP contribution in [0.4, 0.5) is 15.8 Å². The van der Waals surface area contributed by atoms with E-state index in [0.717, 1.165) is 11.3 Å². The fourth-order valence-corrected chi connectivity index (χ4v) is 2.12. The number of amides is 1.